The fraction of sp³-hybridized carbons (Fsp3) is 0.595. The molecule has 0 aliphatic carbocycles. The van der Waals surface area contributed by atoms with Gasteiger partial charge in [0.25, 0.3) is 0 Å². The van der Waals surface area contributed by atoms with Gasteiger partial charge >= 0.3 is 17.9 Å². The molecule has 0 amide bonds. The van der Waals surface area contributed by atoms with Crippen molar-refractivity contribution in [3.63, 3.8) is 0 Å². The number of aliphatic carboxylic acids is 1. The summed E-state index contributed by atoms with van der Waals surface area (Å²) < 4.78 is 17.0. The van der Waals surface area contributed by atoms with Crippen LogP contribution in [-0.4, -0.2) is 80.6 Å². The first-order valence-electron chi connectivity index (χ1n) is 18.6. The fourth-order valence-corrected chi connectivity index (χ4v) is 4.69. The van der Waals surface area contributed by atoms with E-state index in [2.05, 4.69) is 98.9 Å². The number of esters is 2. The minimum atomic E-state index is -0.894. The van der Waals surface area contributed by atoms with E-state index >= 15 is 0 Å². The smallest absolute Gasteiger partial charge is 0.362 e. The summed E-state index contributed by atoms with van der Waals surface area (Å²) in [4.78, 5) is 36.7. The van der Waals surface area contributed by atoms with Gasteiger partial charge in [0.05, 0.1) is 34.4 Å². The maximum absolute atomic E-state index is 12.6. The largest absolute Gasteiger partial charge is 0.477 e. The van der Waals surface area contributed by atoms with E-state index in [1.165, 1.54) is 0 Å². The molecule has 0 spiro atoms. The lowest BCUT2D eigenvalue weighted by molar-refractivity contribution is -0.887. The third-order valence-electron chi connectivity index (χ3n) is 7.54. The van der Waals surface area contributed by atoms with Crippen LogP contribution in [0.15, 0.2) is 85.1 Å². The van der Waals surface area contributed by atoms with Crippen molar-refractivity contribution in [2.24, 2.45) is 0 Å². The molecule has 8 nitrogen and oxygen atoms in total. The molecule has 2 atom stereocenters. The van der Waals surface area contributed by atoms with Gasteiger partial charge in [0.2, 0.25) is 0 Å². The predicted molar refractivity (Wildman–Crippen MR) is 206 cm³/mol. The highest BCUT2D eigenvalue weighted by atomic mass is 16.6. The average molecular weight is 699 g/mol. The number of hydrogen-bond acceptors (Lipinski definition) is 6. The van der Waals surface area contributed by atoms with Gasteiger partial charge in [-0.3, -0.25) is 9.59 Å². The van der Waals surface area contributed by atoms with Crippen molar-refractivity contribution in [1.29, 1.82) is 0 Å². The van der Waals surface area contributed by atoms with Gasteiger partial charge in [-0.1, -0.05) is 98.9 Å². The maximum Gasteiger partial charge on any atom is 0.362 e. The Morgan fingerprint density at radius 1 is 0.600 bits per heavy atom. The Balaban J connectivity index is 4.54. The minimum Gasteiger partial charge on any atom is -0.477 e. The van der Waals surface area contributed by atoms with Gasteiger partial charge < -0.3 is 23.8 Å². The molecule has 0 rings (SSSR count). The van der Waals surface area contributed by atoms with Crippen LogP contribution in [0.1, 0.15) is 110 Å². The zero-order valence-electron chi connectivity index (χ0n) is 31.8. The molecule has 0 radical (unpaired) electrons. The maximum atomic E-state index is 12.6. The Morgan fingerprint density at radius 2 is 1.06 bits per heavy atom. The van der Waals surface area contributed by atoms with Crippen molar-refractivity contribution in [3.05, 3.63) is 85.1 Å². The van der Waals surface area contributed by atoms with Crippen LogP contribution in [0.2, 0.25) is 0 Å². The lowest BCUT2D eigenvalue weighted by Gasteiger charge is -2.31. The quantitative estimate of drug-likeness (QED) is 0.0333. The number of quaternary nitrogens is 1. The van der Waals surface area contributed by atoms with Crippen molar-refractivity contribution in [2.75, 3.05) is 41.0 Å². The lowest BCUT2D eigenvalue weighted by Crippen LogP contribution is -2.50. The van der Waals surface area contributed by atoms with E-state index in [9.17, 15) is 19.5 Å². The molecule has 0 heterocycles. The van der Waals surface area contributed by atoms with E-state index in [0.717, 1.165) is 64.2 Å². The summed E-state index contributed by atoms with van der Waals surface area (Å²) in [7, 11) is 5.47. The van der Waals surface area contributed by atoms with Crippen LogP contribution in [0.3, 0.4) is 0 Å². The van der Waals surface area contributed by atoms with Gasteiger partial charge in [0.15, 0.2) is 12.1 Å². The van der Waals surface area contributed by atoms with Gasteiger partial charge in [-0.15, -0.1) is 0 Å². The summed E-state index contributed by atoms with van der Waals surface area (Å²) >= 11 is 0. The van der Waals surface area contributed by atoms with Crippen LogP contribution >= 0.6 is 0 Å². The van der Waals surface area contributed by atoms with E-state index in [1.807, 2.05) is 21.1 Å². The average Bonchev–Trinajstić information content (AvgIpc) is 3.06. The van der Waals surface area contributed by atoms with Gasteiger partial charge in [0, 0.05) is 19.3 Å². The number of unbranched alkanes of at least 4 members (excludes halogenated alkanes) is 3. The van der Waals surface area contributed by atoms with Crippen molar-refractivity contribution in [1.82, 2.24) is 0 Å². The number of nitrogens with zero attached hydrogens (tertiary/aromatic N) is 1. The number of allylic oxidation sites excluding steroid dienone is 14. The van der Waals surface area contributed by atoms with Gasteiger partial charge in [0.1, 0.15) is 6.61 Å². The second-order valence-electron chi connectivity index (χ2n) is 13.1. The zero-order chi connectivity index (χ0) is 37.1. The standard InChI is InChI=1S/C42H67NO7/c1-6-8-10-12-14-16-17-18-19-20-21-22-23-25-26-28-30-32-40(44)49-37-38(36-48-35-34-39(42(46)47)43(3,4)5)50-41(45)33-31-29-27-24-15-13-11-9-7-2/h8-11,14-16,18-19,21-22,24-26,38-39H,6-7,12-13,17,20,23,27-37H2,1-5H3/p+1/b10-8+,11-9+,16-14+,19-18+,22-21+,24-15+,26-25+. The number of carbonyl (C=O) groups is 3. The van der Waals surface area contributed by atoms with Crippen molar-refractivity contribution >= 4 is 17.9 Å². The number of hydrogen-bond donors (Lipinski definition) is 1. The molecule has 0 saturated heterocycles. The Bertz CT molecular complexity index is 1090. The molecule has 0 aromatic carbocycles. The van der Waals surface area contributed by atoms with Crippen LogP contribution in [0.25, 0.3) is 0 Å². The molecule has 0 aromatic rings. The molecule has 0 aromatic heterocycles. The first kappa shape index (κ1) is 46.5. The van der Waals surface area contributed by atoms with Crippen molar-refractivity contribution < 1.29 is 38.2 Å². The first-order valence-corrected chi connectivity index (χ1v) is 18.6. The Labute approximate surface area is 303 Å². The van der Waals surface area contributed by atoms with Crippen molar-refractivity contribution in [2.45, 2.75) is 122 Å². The van der Waals surface area contributed by atoms with E-state index in [-0.39, 0.29) is 49.1 Å². The van der Waals surface area contributed by atoms with E-state index in [0.29, 0.717) is 19.3 Å². The number of carbonyl (C=O) groups excluding carboxylic acids is 2. The molecule has 0 fully saturated rings. The Morgan fingerprint density at radius 3 is 1.54 bits per heavy atom. The molecule has 50 heavy (non-hydrogen) atoms. The number of carboxylic acids is 1. The number of carboxylic acid groups (broad SMARTS) is 1. The van der Waals surface area contributed by atoms with Gasteiger partial charge in [-0.2, -0.15) is 0 Å². The van der Waals surface area contributed by atoms with E-state index in [1.54, 1.807) is 0 Å². The molecule has 0 aliphatic rings. The summed E-state index contributed by atoms with van der Waals surface area (Å²) in [6.07, 6.45) is 40.8. The topological polar surface area (TPSA) is 99.1 Å². The normalized spacial score (nSPS) is 14.0. The van der Waals surface area contributed by atoms with Crippen LogP contribution in [0.4, 0.5) is 0 Å². The third kappa shape index (κ3) is 30.6. The zero-order valence-corrected chi connectivity index (χ0v) is 31.8. The molecule has 1 N–H and O–H groups in total. The molecule has 2 unspecified atom stereocenters. The fourth-order valence-electron chi connectivity index (χ4n) is 4.69. The Kier molecular flexibility index (Phi) is 30.4. The molecule has 282 valence electrons. The van der Waals surface area contributed by atoms with Crippen LogP contribution in [0.5, 0.6) is 0 Å². The third-order valence-corrected chi connectivity index (χ3v) is 7.54. The van der Waals surface area contributed by atoms with Crippen LogP contribution in [0, 0.1) is 0 Å². The summed E-state index contributed by atoms with van der Waals surface area (Å²) in [5.41, 5.74) is 0. The highest BCUT2D eigenvalue weighted by molar-refractivity contribution is 5.72. The monoisotopic (exact) mass is 698 g/mol. The van der Waals surface area contributed by atoms with Crippen LogP contribution in [-0.2, 0) is 28.6 Å². The summed E-state index contributed by atoms with van der Waals surface area (Å²) in [5, 5.41) is 9.56. The second kappa shape index (κ2) is 32.7. The minimum absolute atomic E-state index is 0.0244. The number of likely N-dealkylation sites (N-methyl/N-ethyl adjacent to an activating group) is 1. The molecule has 0 bridgehead atoms. The highest BCUT2D eigenvalue weighted by Crippen LogP contribution is 2.10. The molecular formula is C42H68NO7+. The summed E-state index contributed by atoms with van der Waals surface area (Å²) in [6, 6.07) is -0.631. The molecule has 0 saturated carbocycles. The van der Waals surface area contributed by atoms with Gasteiger partial charge in [-0.25, -0.2) is 4.79 Å². The summed E-state index contributed by atoms with van der Waals surface area (Å²) in [5.74, 6) is -1.61. The molecule has 8 heteroatoms. The highest BCUT2D eigenvalue weighted by Gasteiger charge is 2.31. The van der Waals surface area contributed by atoms with Gasteiger partial charge in [-0.05, 0) is 77.0 Å². The lowest BCUT2D eigenvalue weighted by atomic mass is 10.1. The van der Waals surface area contributed by atoms with Crippen molar-refractivity contribution in [3.8, 4) is 0 Å². The molecular weight excluding hydrogens is 630 g/mol. The SMILES string of the molecule is CC/C=C/C/C=C/C/C=C/C/C=C/C/C=C/CCCC(=O)OCC(COCCC(C(=O)O)[N+](C)(C)C)OC(=O)CCCC/C=C/C/C=C/CC. The van der Waals surface area contributed by atoms with Crippen LogP contribution < -0.4 is 0 Å². The Hall–Kier alpha value is -3.49. The number of ether oxygens (including phenoxy) is 3. The predicted octanol–water partition coefficient (Wildman–Crippen LogP) is 9.40. The molecule has 0 aliphatic heterocycles. The summed E-state index contributed by atoms with van der Waals surface area (Å²) in [6.45, 7) is 4.35. The van der Waals surface area contributed by atoms with E-state index < -0.39 is 18.1 Å². The second-order valence-corrected chi connectivity index (χ2v) is 13.1. The van der Waals surface area contributed by atoms with E-state index in [4.69, 9.17) is 14.2 Å². The number of rotatable bonds is 31. The first-order chi connectivity index (χ1) is 24.1.